The number of nitrogens with zero attached hydrogens (tertiary/aromatic N) is 4. The minimum Gasteiger partial charge on any atom is -0.507 e. The number of piperazine rings is 1. The minimum absolute atomic E-state index is 0.0724. The molecule has 0 amide bonds. The maximum Gasteiger partial charge on any atom is 0.332 e. The number of hydrogen-bond acceptors (Lipinski definition) is 6. The second-order valence-electron chi connectivity index (χ2n) is 9.03. The first kappa shape index (κ1) is 25.0. The van der Waals surface area contributed by atoms with E-state index in [1.807, 2.05) is 6.07 Å². The lowest BCUT2D eigenvalue weighted by Gasteiger charge is -2.34. The highest BCUT2D eigenvalue weighted by atomic mass is 35.5. The van der Waals surface area contributed by atoms with Gasteiger partial charge in [-0.3, -0.25) is 4.57 Å². The molecule has 4 aromatic rings. The van der Waals surface area contributed by atoms with E-state index in [-0.39, 0.29) is 17.5 Å². The van der Waals surface area contributed by atoms with E-state index in [9.17, 15) is 14.3 Å². The van der Waals surface area contributed by atoms with Gasteiger partial charge in [0.1, 0.15) is 17.4 Å². The molecule has 0 radical (unpaired) electrons. The normalized spacial score (nSPS) is 15.8. The fourth-order valence-electron chi connectivity index (χ4n) is 4.66. The number of pyridine rings is 1. The number of benzene rings is 2. The Kier molecular flexibility index (Phi) is 7.01. The van der Waals surface area contributed by atoms with Crippen LogP contribution in [-0.4, -0.2) is 58.6 Å². The van der Waals surface area contributed by atoms with Crippen LogP contribution >= 0.6 is 11.6 Å². The van der Waals surface area contributed by atoms with Crippen molar-refractivity contribution in [3.05, 3.63) is 82.4 Å². The Bertz CT molecular complexity index is 1500. The van der Waals surface area contributed by atoms with Crippen molar-refractivity contribution in [1.82, 2.24) is 19.4 Å². The van der Waals surface area contributed by atoms with Gasteiger partial charge in [0, 0.05) is 69.6 Å². The largest absolute Gasteiger partial charge is 0.507 e. The lowest BCUT2D eigenvalue weighted by Crippen LogP contribution is -2.52. The van der Waals surface area contributed by atoms with Crippen molar-refractivity contribution in [2.24, 2.45) is 7.05 Å². The van der Waals surface area contributed by atoms with Gasteiger partial charge in [-0.05, 0) is 47.5 Å². The number of hydrogen-bond donors (Lipinski definition) is 2. The molecule has 0 spiro atoms. The molecule has 3 heterocycles. The Labute approximate surface area is 218 Å². The number of anilines is 1. The summed E-state index contributed by atoms with van der Waals surface area (Å²) in [5, 5.41) is 14.9. The molecule has 0 unspecified atom stereocenters. The van der Waals surface area contributed by atoms with Crippen molar-refractivity contribution in [2.45, 2.75) is 6.04 Å². The number of aromatic nitrogens is 3. The number of rotatable bonds is 6. The maximum absolute atomic E-state index is 14.8. The van der Waals surface area contributed by atoms with Crippen molar-refractivity contribution < 1.29 is 14.2 Å². The molecule has 2 N–H and O–H groups in total. The Morgan fingerprint density at radius 2 is 1.92 bits per heavy atom. The molecule has 0 saturated carbocycles. The van der Waals surface area contributed by atoms with Crippen LogP contribution in [0.3, 0.4) is 0 Å². The van der Waals surface area contributed by atoms with Crippen LogP contribution in [0.25, 0.3) is 27.9 Å². The van der Waals surface area contributed by atoms with E-state index < -0.39 is 5.82 Å². The van der Waals surface area contributed by atoms with Gasteiger partial charge in [-0.25, -0.2) is 14.2 Å². The molecular formula is C27H27ClFN5O3. The molecule has 10 heteroatoms. The third-order valence-electron chi connectivity index (χ3n) is 6.54. The number of methoxy groups -OCH3 is 1. The quantitative estimate of drug-likeness (QED) is 0.400. The van der Waals surface area contributed by atoms with E-state index in [0.717, 1.165) is 25.5 Å². The number of phenolic OH excluding ortho intramolecular Hbond substituents is 1. The first-order valence-corrected chi connectivity index (χ1v) is 12.2. The zero-order valence-corrected chi connectivity index (χ0v) is 21.2. The van der Waals surface area contributed by atoms with E-state index >= 15 is 0 Å². The summed E-state index contributed by atoms with van der Waals surface area (Å²) in [5.74, 6) is 0.172. The van der Waals surface area contributed by atoms with E-state index in [2.05, 4.69) is 15.2 Å². The van der Waals surface area contributed by atoms with E-state index in [0.29, 0.717) is 39.6 Å². The Hall–Kier alpha value is -3.66. The smallest absolute Gasteiger partial charge is 0.332 e. The second kappa shape index (κ2) is 10.4. The molecule has 1 saturated heterocycles. The van der Waals surface area contributed by atoms with Gasteiger partial charge in [0.15, 0.2) is 0 Å². The Balaban J connectivity index is 1.50. The van der Waals surface area contributed by atoms with Gasteiger partial charge in [0.25, 0.3) is 0 Å². The SMILES string of the molecule is COC[C@@H]1CN(c2cc(-c3cc(F)cc(-c4ccc(-n5ccn(C)c5=O)c(Cl)c4)c3O)ccn2)CCN1. The standard InChI is InChI=1S/C27H27ClFN5O3/c1-32-9-10-34(27(32)36)24-4-3-17(11-23(24)28)21-13-19(29)14-22(26(21)35)18-5-6-31-25(12-18)33-8-7-30-20(15-33)16-37-2/h3-6,9-14,20,30,35H,7-8,15-16H2,1-2H3/t20-/m0/s1. The highest BCUT2D eigenvalue weighted by Gasteiger charge is 2.22. The van der Waals surface area contributed by atoms with Crippen LogP contribution in [-0.2, 0) is 11.8 Å². The monoisotopic (exact) mass is 523 g/mol. The van der Waals surface area contributed by atoms with Crippen LogP contribution in [0.15, 0.2) is 65.8 Å². The van der Waals surface area contributed by atoms with Gasteiger partial charge in [-0.2, -0.15) is 0 Å². The molecule has 1 aliphatic rings. The van der Waals surface area contributed by atoms with Crippen molar-refractivity contribution in [2.75, 3.05) is 38.3 Å². The van der Waals surface area contributed by atoms with Crippen LogP contribution in [0.4, 0.5) is 10.2 Å². The summed E-state index contributed by atoms with van der Waals surface area (Å²) in [4.78, 5) is 19.0. The number of halogens is 2. The van der Waals surface area contributed by atoms with Gasteiger partial charge < -0.3 is 24.6 Å². The van der Waals surface area contributed by atoms with Crippen LogP contribution < -0.4 is 15.9 Å². The van der Waals surface area contributed by atoms with E-state index in [1.165, 1.54) is 21.3 Å². The topological polar surface area (TPSA) is 84.5 Å². The molecule has 0 bridgehead atoms. The summed E-state index contributed by atoms with van der Waals surface area (Å²) < 4.78 is 23.0. The summed E-state index contributed by atoms with van der Waals surface area (Å²) in [5.41, 5.74) is 2.07. The molecule has 37 heavy (non-hydrogen) atoms. The number of imidazole rings is 1. The summed E-state index contributed by atoms with van der Waals surface area (Å²) >= 11 is 6.51. The molecular weight excluding hydrogens is 497 g/mol. The molecule has 1 fully saturated rings. The van der Waals surface area contributed by atoms with Gasteiger partial charge in [0.05, 0.1) is 17.3 Å². The van der Waals surface area contributed by atoms with Gasteiger partial charge >= 0.3 is 5.69 Å². The minimum atomic E-state index is -0.497. The van der Waals surface area contributed by atoms with E-state index in [1.54, 1.807) is 57.0 Å². The van der Waals surface area contributed by atoms with Crippen LogP contribution in [0.2, 0.25) is 5.02 Å². The fraction of sp³-hybridized carbons (Fsp3) is 0.259. The van der Waals surface area contributed by atoms with E-state index in [4.69, 9.17) is 16.3 Å². The molecule has 8 nitrogen and oxygen atoms in total. The van der Waals surface area contributed by atoms with Crippen LogP contribution in [0.1, 0.15) is 0 Å². The van der Waals surface area contributed by atoms with Crippen molar-refractivity contribution in [3.8, 4) is 33.7 Å². The van der Waals surface area contributed by atoms with Crippen molar-refractivity contribution >= 4 is 17.4 Å². The van der Waals surface area contributed by atoms with Crippen LogP contribution in [0, 0.1) is 5.82 Å². The molecule has 1 atom stereocenters. The average Bonchev–Trinajstić information content (AvgIpc) is 3.23. The van der Waals surface area contributed by atoms with Gasteiger partial charge in [0.2, 0.25) is 0 Å². The third kappa shape index (κ3) is 4.98. The first-order valence-electron chi connectivity index (χ1n) is 11.9. The summed E-state index contributed by atoms with van der Waals surface area (Å²) in [6.45, 7) is 2.87. The predicted octanol–water partition coefficient (Wildman–Crippen LogP) is 3.83. The summed E-state index contributed by atoms with van der Waals surface area (Å²) in [7, 11) is 3.32. The zero-order chi connectivity index (χ0) is 26.1. The molecule has 2 aromatic carbocycles. The van der Waals surface area contributed by atoms with Crippen molar-refractivity contribution in [3.63, 3.8) is 0 Å². The number of nitrogens with one attached hydrogen (secondary N) is 1. The zero-order valence-electron chi connectivity index (χ0n) is 20.5. The third-order valence-corrected chi connectivity index (χ3v) is 6.85. The second-order valence-corrected chi connectivity index (χ2v) is 9.44. The van der Waals surface area contributed by atoms with Gasteiger partial charge in [-0.1, -0.05) is 17.7 Å². The number of aryl methyl sites for hydroxylation is 1. The molecule has 2 aromatic heterocycles. The number of phenols is 1. The average molecular weight is 524 g/mol. The van der Waals surface area contributed by atoms with Crippen LogP contribution in [0.5, 0.6) is 5.75 Å². The Morgan fingerprint density at radius 3 is 2.59 bits per heavy atom. The molecule has 0 aliphatic carbocycles. The Morgan fingerprint density at radius 1 is 1.16 bits per heavy atom. The molecule has 5 rings (SSSR count). The molecule has 1 aliphatic heterocycles. The summed E-state index contributed by atoms with van der Waals surface area (Å²) in [6.07, 6.45) is 4.92. The number of aromatic hydroxyl groups is 1. The highest BCUT2D eigenvalue weighted by molar-refractivity contribution is 6.32. The summed E-state index contributed by atoms with van der Waals surface area (Å²) in [6, 6.07) is 11.3. The lowest BCUT2D eigenvalue weighted by atomic mass is 9.97. The predicted molar refractivity (Wildman–Crippen MR) is 142 cm³/mol. The lowest BCUT2D eigenvalue weighted by molar-refractivity contribution is 0.163. The van der Waals surface area contributed by atoms with Crippen molar-refractivity contribution in [1.29, 1.82) is 0 Å². The van der Waals surface area contributed by atoms with Gasteiger partial charge in [-0.15, -0.1) is 0 Å². The molecule has 192 valence electrons. The number of ether oxygens (including phenoxy) is 1. The highest BCUT2D eigenvalue weighted by Crippen LogP contribution is 2.40. The fourth-order valence-corrected chi connectivity index (χ4v) is 4.93. The maximum atomic E-state index is 14.8. The first-order chi connectivity index (χ1) is 17.9.